The Kier molecular flexibility index (Phi) is 5.21. The summed E-state index contributed by atoms with van der Waals surface area (Å²) in [4.78, 5) is 24.0. The van der Waals surface area contributed by atoms with Crippen molar-refractivity contribution in [3.05, 3.63) is 0 Å². The molecule has 1 saturated heterocycles. The van der Waals surface area contributed by atoms with E-state index in [1.165, 1.54) is 4.90 Å². The molecule has 2 N–H and O–H groups in total. The minimum Gasteiger partial charge on any atom is -0.480 e. The Morgan fingerprint density at radius 3 is 2.82 bits per heavy atom. The molecule has 1 heterocycles. The van der Waals surface area contributed by atoms with E-state index in [1.54, 1.807) is 0 Å². The number of carbonyl (C=O) groups is 2. The molecule has 1 aliphatic heterocycles. The van der Waals surface area contributed by atoms with Crippen LogP contribution in [0.15, 0.2) is 0 Å². The fraction of sp³-hybridized carbons (Fsp3) is 0.818. The van der Waals surface area contributed by atoms with Gasteiger partial charge < -0.3 is 20.1 Å². The molecule has 0 aliphatic carbocycles. The van der Waals surface area contributed by atoms with Crippen molar-refractivity contribution in [2.24, 2.45) is 0 Å². The lowest BCUT2D eigenvalue weighted by Gasteiger charge is -2.21. The molecule has 6 nitrogen and oxygen atoms in total. The SMILES string of the molecule is CC(C)OCCNC(=O)N1CCC[C@@H]1C(=O)O. The number of likely N-dealkylation sites (tertiary alicyclic amines) is 1. The highest BCUT2D eigenvalue weighted by atomic mass is 16.5. The molecule has 6 heteroatoms. The lowest BCUT2D eigenvalue weighted by atomic mass is 10.2. The molecule has 1 fully saturated rings. The van der Waals surface area contributed by atoms with E-state index < -0.39 is 12.0 Å². The molecule has 0 unspecified atom stereocenters. The van der Waals surface area contributed by atoms with Gasteiger partial charge in [0, 0.05) is 13.1 Å². The van der Waals surface area contributed by atoms with Gasteiger partial charge in [0.05, 0.1) is 12.7 Å². The molecule has 17 heavy (non-hydrogen) atoms. The lowest BCUT2D eigenvalue weighted by Crippen LogP contribution is -2.46. The topological polar surface area (TPSA) is 78.9 Å². The van der Waals surface area contributed by atoms with Gasteiger partial charge in [-0.15, -0.1) is 0 Å². The van der Waals surface area contributed by atoms with Gasteiger partial charge in [-0.3, -0.25) is 0 Å². The highest BCUT2D eigenvalue weighted by Gasteiger charge is 2.33. The summed E-state index contributed by atoms with van der Waals surface area (Å²) in [6, 6.07) is -0.997. The number of rotatable bonds is 5. The maximum atomic E-state index is 11.7. The van der Waals surface area contributed by atoms with Crippen LogP contribution in [-0.4, -0.2) is 53.8 Å². The molecule has 0 aromatic rings. The molecule has 0 aromatic heterocycles. The number of aliphatic carboxylic acids is 1. The van der Waals surface area contributed by atoms with E-state index in [9.17, 15) is 9.59 Å². The minimum absolute atomic E-state index is 0.130. The van der Waals surface area contributed by atoms with Crippen LogP contribution < -0.4 is 5.32 Å². The largest absolute Gasteiger partial charge is 0.480 e. The van der Waals surface area contributed by atoms with E-state index in [4.69, 9.17) is 9.84 Å². The maximum Gasteiger partial charge on any atom is 0.326 e. The molecular formula is C11H20N2O4. The standard InChI is InChI=1S/C11H20N2O4/c1-8(2)17-7-5-12-11(16)13-6-3-4-9(13)10(14)15/h8-9H,3-7H2,1-2H3,(H,12,16)(H,14,15)/t9-/m1/s1. The average Bonchev–Trinajstić information content (AvgIpc) is 2.72. The van der Waals surface area contributed by atoms with Crippen LogP contribution in [0.2, 0.25) is 0 Å². The van der Waals surface area contributed by atoms with Crippen molar-refractivity contribution in [1.82, 2.24) is 10.2 Å². The molecule has 2 amide bonds. The smallest absolute Gasteiger partial charge is 0.326 e. The third kappa shape index (κ3) is 4.22. The van der Waals surface area contributed by atoms with E-state index in [2.05, 4.69) is 5.32 Å². The highest BCUT2D eigenvalue weighted by Crippen LogP contribution is 2.16. The number of carboxylic acids is 1. The van der Waals surface area contributed by atoms with Gasteiger partial charge in [0.1, 0.15) is 6.04 Å². The van der Waals surface area contributed by atoms with Crippen molar-refractivity contribution in [3.63, 3.8) is 0 Å². The molecule has 0 radical (unpaired) electrons. The first-order valence-corrected chi connectivity index (χ1v) is 5.91. The van der Waals surface area contributed by atoms with Gasteiger partial charge in [0.25, 0.3) is 0 Å². The average molecular weight is 244 g/mol. The number of amides is 2. The number of urea groups is 1. The van der Waals surface area contributed by atoms with E-state index in [1.807, 2.05) is 13.8 Å². The second-order valence-electron chi connectivity index (χ2n) is 4.34. The first-order valence-electron chi connectivity index (χ1n) is 5.91. The summed E-state index contributed by atoms with van der Waals surface area (Å²) in [5.41, 5.74) is 0. The highest BCUT2D eigenvalue weighted by molar-refractivity contribution is 5.83. The van der Waals surface area contributed by atoms with Crippen molar-refractivity contribution in [3.8, 4) is 0 Å². The summed E-state index contributed by atoms with van der Waals surface area (Å²) in [5, 5.41) is 11.6. The van der Waals surface area contributed by atoms with Gasteiger partial charge in [0.15, 0.2) is 0 Å². The summed E-state index contributed by atoms with van der Waals surface area (Å²) in [6.45, 7) is 5.19. The van der Waals surface area contributed by atoms with Crippen LogP contribution in [0.3, 0.4) is 0 Å². The van der Waals surface area contributed by atoms with Crippen LogP contribution in [0.25, 0.3) is 0 Å². The summed E-state index contributed by atoms with van der Waals surface area (Å²) in [7, 11) is 0. The molecule has 1 atom stereocenters. The van der Waals surface area contributed by atoms with Crippen molar-refractivity contribution < 1.29 is 19.4 Å². The molecule has 0 aromatic carbocycles. The van der Waals surface area contributed by atoms with Crippen molar-refractivity contribution in [2.45, 2.75) is 38.8 Å². The zero-order valence-corrected chi connectivity index (χ0v) is 10.3. The minimum atomic E-state index is -0.934. The second kappa shape index (κ2) is 6.44. The molecule has 0 spiro atoms. The number of hydrogen-bond acceptors (Lipinski definition) is 3. The van der Waals surface area contributed by atoms with Gasteiger partial charge in [-0.05, 0) is 26.7 Å². The quantitative estimate of drug-likeness (QED) is 0.697. The molecule has 0 bridgehead atoms. The van der Waals surface area contributed by atoms with E-state index in [0.29, 0.717) is 26.1 Å². The molecule has 1 aliphatic rings. The summed E-state index contributed by atoms with van der Waals surface area (Å²) in [6.07, 6.45) is 1.41. The summed E-state index contributed by atoms with van der Waals surface area (Å²) < 4.78 is 5.28. The monoisotopic (exact) mass is 244 g/mol. The Hall–Kier alpha value is -1.30. The van der Waals surface area contributed by atoms with Crippen molar-refractivity contribution in [1.29, 1.82) is 0 Å². The van der Waals surface area contributed by atoms with Crippen LogP contribution in [-0.2, 0) is 9.53 Å². The van der Waals surface area contributed by atoms with Gasteiger partial charge in [-0.2, -0.15) is 0 Å². The number of carbonyl (C=O) groups excluding carboxylic acids is 1. The van der Waals surface area contributed by atoms with Crippen molar-refractivity contribution >= 4 is 12.0 Å². The normalized spacial score (nSPS) is 19.7. The predicted molar refractivity (Wildman–Crippen MR) is 61.9 cm³/mol. The first-order chi connectivity index (χ1) is 8.02. The van der Waals surface area contributed by atoms with Crippen molar-refractivity contribution in [2.75, 3.05) is 19.7 Å². The Bertz CT molecular complexity index is 281. The van der Waals surface area contributed by atoms with Crippen LogP contribution in [0, 0.1) is 0 Å². The molecule has 98 valence electrons. The third-order valence-electron chi connectivity index (χ3n) is 2.63. The predicted octanol–water partition coefficient (Wildman–Crippen LogP) is 0.670. The first kappa shape index (κ1) is 13.8. The van der Waals surface area contributed by atoms with Gasteiger partial charge in [-0.1, -0.05) is 0 Å². The number of ether oxygens (including phenoxy) is 1. The number of nitrogens with one attached hydrogen (secondary N) is 1. The van der Waals surface area contributed by atoms with Crippen LogP contribution in [0.1, 0.15) is 26.7 Å². The maximum absolute atomic E-state index is 11.7. The molecule has 0 saturated carbocycles. The number of carboxylic acid groups (broad SMARTS) is 1. The fourth-order valence-electron chi connectivity index (χ4n) is 1.82. The Balaban J connectivity index is 2.29. The van der Waals surface area contributed by atoms with E-state index in [0.717, 1.165) is 6.42 Å². The zero-order chi connectivity index (χ0) is 12.8. The second-order valence-corrected chi connectivity index (χ2v) is 4.34. The number of nitrogens with zero attached hydrogens (tertiary/aromatic N) is 1. The van der Waals surface area contributed by atoms with Crippen LogP contribution in [0.4, 0.5) is 4.79 Å². The zero-order valence-electron chi connectivity index (χ0n) is 10.3. The van der Waals surface area contributed by atoms with Gasteiger partial charge >= 0.3 is 12.0 Å². The fourth-order valence-corrected chi connectivity index (χ4v) is 1.82. The third-order valence-corrected chi connectivity index (χ3v) is 2.63. The molecule has 1 rings (SSSR count). The summed E-state index contributed by atoms with van der Waals surface area (Å²) >= 11 is 0. The van der Waals surface area contributed by atoms with Crippen LogP contribution >= 0.6 is 0 Å². The van der Waals surface area contributed by atoms with E-state index in [-0.39, 0.29) is 12.1 Å². The Morgan fingerprint density at radius 1 is 1.53 bits per heavy atom. The lowest BCUT2D eigenvalue weighted by molar-refractivity contribution is -0.141. The van der Waals surface area contributed by atoms with Gasteiger partial charge in [0.2, 0.25) is 0 Å². The molecular weight excluding hydrogens is 224 g/mol. The van der Waals surface area contributed by atoms with Crippen LogP contribution in [0.5, 0.6) is 0 Å². The van der Waals surface area contributed by atoms with E-state index >= 15 is 0 Å². The Labute approximate surface area is 101 Å². The summed E-state index contributed by atoms with van der Waals surface area (Å²) in [5.74, 6) is -0.934. The Morgan fingerprint density at radius 2 is 2.24 bits per heavy atom. The van der Waals surface area contributed by atoms with Gasteiger partial charge in [-0.25, -0.2) is 9.59 Å². The number of hydrogen-bond donors (Lipinski definition) is 2.